The van der Waals surface area contributed by atoms with E-state index in [0.717, 1.165) is 41.9 Å². The van der Waals surface area contributed by atoms with Crippen LogP contribution in [0.2, 0.25) is 0 Å². The van der Waals surface area contributed by atoms with E-state index in [4.69, 9.17) is 0 Å². The Kier molecular flexibility index (Phi) is 5.99. The maximum atomic E-state index is 13.2. The molecule has 0 spiro atoms. The molecule has 1 amide bonds. The van der Waals surface area contributed by atoms with Gasteiger partial charge < -0.3 is 9.88 Å². The second-order valence-corrected chi connectivity index (χ2v) is 7.65. The Hall–Kier alpha value is -2.87. The number of nitrogens with zero attached hydrogens (tertiary/aromatic N) is 2. The minimum Gasteiger partial charge on any atom is -0.348 e. The van der Waals surface area contributed by atoms with Crippen molar-refractivity contribution in [2.75, 3.05) is 0 Å². The SMILES string of the molecule is Cc1cc(/C=C(\C#N)C(=O)N[C@H]2CCCC[C@H]2C)c(C)n1-c1ccc(F)cc1. The third kappa shape index (κ3) is 4.17. The molecule has 0 radical (unpaired) electrons. The van der Waals surface area contributed by atoms with Gasteiger partial charge in [-0.05, 0) is 74.6 Å². The first-order valence-electron chi connectivity index (χ1n) is 9.78. The zero-order valence-electron chi connectivity index (χ0n) is 16.6. The van der Waals surface area contributed by atoms with Crippen LogP contribution in [0.3, 0.4) is 0 Å². The summed E-state index contributed by atoms with van der Waals surface area (Å²) in [6.07, 6.45) is 6.02. The number of aromatic nitrogens is 1. The molecule has 1 aromatic heterocycles. The monoisotopic (exact) mass is 379 g/mol. The molecule has 0 bridgehead atoms. The van der Waals surface area contributed by atoms with Gasteiger partial charge in [-0.25, -0.2) is 4.39 Å². The van der Waals surface area contributed by atoms with E-state index in [1.54, 1.807) is 18.2 Å². The molecule has 1 aromatic carbocycles. The number of amides is 1. The Balaban J connectivity index is 1.86. The molecule has 0 saturated heterocycles. The van der Waals surface area contributed by atoms with Crippen LogP contribution < -0.4 is 5.32 Å². The zero-order valence-corrected chi connectivity index (χ0v) is 16.6. The fraction of sp³-hybridized carbons (Fsp3) is 0.391. The van der Waals surface area contributed by atoms with Gasteiger partial charge in [0.05, 0.1) is 0 Å². The first kappa shape index (κ1) is 19.9. The van der Waals surface area contributed by atoms with Crippen molar-refractivity contribution in [3.63, 3.8) is 0 Å². The molecule has 146 valence electrons. The number of hydrogen-bond donors (Lipinski definition) is 1. The number of rotatable bonds is 4. The molecule has 1 fully saturated rings. The highest BCUT2D eigenvalue weighted by atomic mass is 19.1. The van der Waals surface area contributed by atoms with Gasteiger partial charge in [0.15, 0.2) is 0 Å². The highest BCUT2D eigenvalue weighted by Crippen LogP contribution is 2.25. The van der Waals surface area contributed by atoms with E-state index < -0.39 is 0 Å². The van der Waals surface area contributed by atoms with Gasteiger partial charge in [0.25, 0.3) is 5.91 Å². The van der Waals surface area contributed by atoms with Crippen LogP contribution in [0.4, 0.5) is 4.39 Å². The number of benzene rings is 1. The summed E-state index contributed by atoms with van der Waals surface area (Å²) >= 11 is 0. The second kappa shape index (κ2) is 8.43. The molecule has 2 aromatic rings. The lowest BCUT2D eigenvalue weighted by Gasteiger charge is -2.29. The maximum Gasteiger partial charge on any atom is 0.262 e. The number of carbonyl (C=O) groups excluding carboxylic acids is 1. The van der Waals surface area contributed by atoms with Gasteiger partial charge in [0, 0.05) is 23.1 Å². The predicted molar refractivity (Wildman–Crippen MR) is 108 cm³/mol. The normalized spacial score (nSPS) is 19.9. The summed E-state index contributed by atoms with van der Waals surface area (Å²) in [7, 11) is 0. The molecular weight excluding hydrogens is 353 g/mol. The molecule has 5 heteroatoms. The lowest BCUT2D eigenvalue weighted by atomic mass is 9.86. The molecule has 1 N–H and O–H groups in total. The van der Waals surface area contributed by atoms with E-state index >= 15 is 0 Å². The molecule has 1 saturated carbocycles. The topological polar surface area (TPSA) is 57.8 Å². The van der Waals surface area contributed by atoms with E-state index in [-0.39, 0.29) is 23.3 Å². The lowest BCUT2D eigenvalue weighted by Crippen LogP contribution is -2.41. The lowest BCUT2D eigenvalue weighted by molar-refractivity contribution is -0.118. The number of aryl methyl sites for hydroxylation is 1. The van der Waals surface area contributed by atoms with Gasteiger partial charge in [-0.3, -0.25) is 4.79 Å². The van der Waals surface area contributed by atoms with Crippen LogP contribution in [0.1, 0.15) is 49.6 Å². The van der Waals surface area contributed by atoms with Crippen molar-refractivity contribution in [2.24, 2.45) is 5.92 Å². The van der Waals surface area contributed by atoms with Crippen molar-refractivity contribution in [1.82, 2.24) is 9.88 Å². The maximum absolute atomic E-state index is 13.2. The Morgan fingerprint density at radius 3 is 2.57 bits per heavy atom. The second-order valence-electron chi connectivity index (χ2n) is 7.65. The number of halogens is 1. The predicted octanol–water partition coefficient (Wildman–Crippen LogP) is 4.84. The minimum absolute atomic E-state index is 0.108. The fourth-order valence-electron chi connectivity index (χ4n) is 4.00. The molecule has 1 aliphatic carbocycles. The van der Waals surface area contributed by atoms with Crippen LogP contribution in [0.5, 0.6) is 0 Å². The summed E-state index contributed by atoms with van der Waals surface area (Å²) in [5, 5.41) is 12.6. The van der Waals surface area contributed by atoms with Crippen LogP contribution in [0.15, 0.2) is 35.9 Å². The third-order valence-electron chi connectivity index (χ3n) is 5.65. The quantitative estimate of drug-likeness (QED) is 0.611. The largest absolute Gasteiger partial charge is 0.348 e. The molecule has 4 nitrogen and oxygen atoms in total. The summed E-state index contributed by atoms with van der Waals surface area (Å²) in [6.45, 7) is 6.03. The first-order valence-corrected chi connectivity index (χ1v) is 9.78. The van der Waals surface area contributed by atoms with Gasteiger partial charge in [-0.15, -0.1) is 0 Å². The average Bonchev–Trinajstić information content (AvgIpc) is 2.95. The van der Waals surface area contributed by atoms with E-state index in [1.165, 1.54) is 18.6 Å². The Labute approximate surface area is 165 Å². The van der Waals surface area contributed by atoms with Crippen LogP contribution in [-0.2, 0) is 4.79 Å². The van der Waals surface area contributed by atoms with Gasteiger partial charge >= 0.3 is 0 Å². The van der Waals surface area contributed by atoms with E-state index in [0.29, 0.717) is 5.92 Å². The van der Waals surface area contributed by atoms with Gasteiger partial charge in [0.2, 0.25) is 0 Å². The van der Waals surface area contributed by atoms with Crippen LogP contribution in [-0.4, -0.2) is 16.5 Å². The first-order chi connectivity index (χ1) is 13.4. The van der Waals surface area contributed by atoms with Crippen molar-refractivity contribution in [2.45, 2.75) is 52.5 Å². The van der Waals surface area contributed by atoms with Crippen LogP contribution in [0, 0.1) is 36.9 Å². The van der Waals surface area contributed by atoms with Crippen molar-refractivity contribution >= 4 is 12.0 Å². The minimum atomic E-state index is -0.312. The smallest absolute Gasteiger partial charge is 0.262 e. The highest BCUT2D eigenvalue weighted by Gasteiger charge is 2.24. The summed E-state index contributed by atoms with van der Waals surface area (Å²) in [5.74, 6) is -0.166. The molecule has 28 heavy (non-hydrogen) atoms. The van der Waals surface area contributed by atoms with Crippen LogP contribution in [0.25, 0.3) is 11.8 Å². The fourth-order valence-corrected chi connectivity index (χ4v) is 4.00. The number of carbonyl (C=O) groups is 1. The zero-order chi connectivity index (χ0) is 20.3. The molecule has 2 atom stereocenters. The number of hydrogen-bond acceptors (Lipinski definition) is 2. The summed E-state index contributed by atoms with van der Waals surface area (Å²) in [6, 6.07) is 10.4. The van der Waals surface area contributed by atoms with Crippen molar-refractivity contribution in [3.05, 3.63) is 58.7 Å². The van der Waals surface area contributed by atoms with Gasteiger partial charge in [-0.1, -0.05) is 19.8 Å². The standard InChI is InChI=1S/C23H26FN3O/c1-15-6-4-5-7-22(15)26-23(28)19(14-25)13-18-12-16(2)27(17(18)3)21-10-8-20(24)9-11-21/h8-13,15,22H,4-7H2,1-3H3,(H,26,28)/b19-13+/t15-,22+/m1/s1. The molecular formula is C23H26FN3O. The Morgan fingerprint density at radius 1 is 1.25 bits per heavy atom. The molecule has 3 rings (SSSR count). The van der Waals surface area contributed by atoms with Crippen LogP contribution >= 0.6 is 0 Å². The van der Waals surface area contributed by atoms with Gasteiger partial charge in [0.1, 0.15) is 17.5 Å². The number of nitriles is 1. The average molecular weight is 379 g/mol. The van der Waals surface area contributed by atoms with Crippen molar-refractivity contribution in [3.8, 4) is 11.8 Å². The molecule has 1 aliphatic rings. The van der Waals surface area contributed by atoms with E-state index in [9.17, 15) is 14.4 Å². The summed E-state index contributed by atoms with van der Waals surface area (Å²) in [5.41, 5.74) is 3.61. The Morgan fingerprint density at radius 2 is 1.93 bits per heavy atom. The van der Waals surface area contributed by atoms with Gasteiger partial charge in [-0.2, -0.15) is 5.26 Å². The molecule has 0 aliphatic heterocycles. The third-order valence-corrected chi connectivity index (χ3v) is 5.65. The number of nitrogens with one attached hydrogen (secondary N) is 1. The molecule has 1 heterocycles. The highest BCUT2D eigenvalue weighted by molar-refractivity contribution is 6.02. The van der Waals surface area contributed by atoms with E-state index in [2.05, 4.69) is 12.2 Å². The Bertz CT molecular complexity index is 934. The summed E-state index contributed by atoms with van der Waals surface area (Å²) < 4.78 is 15.2. The summed E-state index contributed by atoms with van der Waals surface area (Å²) in [4.78, 5) is 12.7. The van der Waals surface area contributed by atoms with Crippen molar-refractivity contribution in [1.29, 1.82) is 5.26 Å². The van der Waals surface area contributed by atoms with Crippen molar-refractivity contribution < 1.29 is 9.18 Å². The van der Waals surface area contributed by atoms with E-state index in [1.807, 2.05) is 30.6 Å². The molecule has 0 unspecified atom stereocenters.